The maximum Gasteiger partial charge on any atom is 0.348 e. The van der Waals surface area contributed by atoms with Crippen LogP contribution in [0.25, 0.3) is 0 Å². The maximum atomic E-state index is 12.9. The molecule has 7 heteroatoms. The largest absolute Gasteiger partial charge is 0.462 e. The molecule has 0 spiro atoms. The van der Waals surface area contributed by atoms with Gasteiger partial charge in [-0.05, 0) is 43.7 Å². The molecular formula is C16H13FN2O3S. The van der Waals surface area contributed by atoms with E-state index < -0.39 is 17.7 Å². The van der Waals surface area contributed by atoms with E-state index in [9.17, 15) is 19.2 Å². The summed E-state index contributed by atoms with van der Waals surface area (Å²) in [5, 5.41) is 12.1. The number of rotatable bonds is 4. The van der Waals surface area contributed by atoms with Crippen LogP contribution in [-0.2, 0) is 4.74 Å². The minimum atomic E-state index is -0.534. The van der Waals surface area contributed by atoms with Crippen LogP contribution < -0.4 is 5.32 Å². The van der Waals surface area contributed by atoms with Crippen molar-refractivity contribution in [3.8, 4) is 6.07 Å². The molecular weight excluding hydrogens is 319 g/mol. The van der Waals surface area contributed by atoms with Crippen LogP contribution >= 0.6 is 11.3 Å². The van der Waals surface area contributed by atoms with E-state index in [1.807, 2.05) is 6.07 Å². The van der Waals surface area contributed by atoms with Crippen LogP contribution in [0.5, 0.6) is 0 Å². The zero-order valence-corrected chi connectivity index (χ0v) is 13.3. The molecule has 0 unspecified atom stereocenters. The maximum absolute atomic E-state index is 12.9. The van der Waals surface area contributed by atoms with Crippen LogP contribution in [0.3, 0.4) is 0 Å². The predicted molar refractivity (Wildman–Crippen MR) is 84.1 cm³/mol. The van der Waals surface area contributed by atoms with Gasteiger partial charge >= 0.3 is 5.97 Å². The molecule has 0 bridgehead atoms. The minimum absolute atomic E-state index is 0.216. The Hall–Kier alpha value is -2.72. The zero-order chi connectivity index (χ0) is 17.0. The van der Waals surface area contributed by atoms with E-state index in [1.165, 1.54) is 24.3 Å². The van der Waals surface area contributed by atoms with E-state index in [4.69, 9.17) is 4.74 Å². The average Bonchev–Trinajstić information content (AvgIpc) is 2.84. The van der Waals surface area contributed by atoms with Gasteiger partial charge in [-0.3, -0.25) is 4.79 Å². The summed E-state index contributed by atoms with van der Waals surface area (Å²) in [5.41, 5.74) is 0.929. The minimum Gasteiger partial charge on any atom is -0.462 e. The normalized spacial score (nSPS) is 10.0. The highest BCUT2D eigenvalue weighted by atomic mass is 32.1. The quantitative estimate of drug-likeness (QED) is 0.869. The third-order valence-electron chi connectivity index (χ3n) is 3.05. The van der Waals surface area contributed by atoms with Gasteiger partial charge in [0.25, 0.3) is 5.91 Å². The van der Waals surface area contributed by atoms with Gasteiger partial charge < -0.3 is 10.1 Å². The molecule has 0 aliphatic heterocycles. The summed E-state index contributed by atoms with van der Waals surface area (Å²) in [6, 6.07) is 6.99. The molecule has 118 valence electrons. The molecule has 2 rings (SSSR count). The molecule has 0 fully saturated rings. The van der Waals surface area contributed by atoms with Crippen LogP contribution in [0.1, 0.15) is 38.1 Å². The van der Waals surface area contributed by atoms with Crippen LogP contribution in [0.15, 0.2) is 24.3 Å². The number of amides is 1. The van der Waals surface area contributed by atoms with Gasteiger partial charge in [0.1, 0.15) is 21.8 Å². The molecule has 0 saturated carbocycles. The Morgan fingerprint density at radius 2 is 2.00 bits per heavy atom. The topological polar surface area (TPSA) is 79.2 Å². The van der Waals surface area contributed by atoms with Crippen LogP contribution in [0.2, 0.25) is 0 Å². The van der Waals surface area contributed by atoms with Crippen molar-refractivity contribution in [3.05, 3.63) is 51.7 Å². The van der Waals surface area contributed by atoms with Crippen molar-refractivity contribution in [2.75, 3.05) is 11.9 Å². The van der Waals surface area contributed by atoms with Crippen molar-refractivity contribution in [1.29, 1.82) is 5.26 Å². The van der Waals surface area contributed by atoms with Gasteiger partial charge in [-0.25, -0.2) is 9.18 Å². The Kier molecular flexibility index (Phi) is 5.09. The molecule has 0 radical (unpaired) electrons. The first-order valence-electron chi connectivity index (χ1n) is 6.75. The number of hydrogen-bond acceptors (Lipinski definition) is 5. The predicted octanol–water partition coefficient (Wildman–Crippen LogP) is 3.50. The SMILES string of the molecule is CCOC(=O)c1sc(NC(=O)c2ccc(F)cc2)c(C#N)c1C. The number of anilines is 1. The second-order valence-corrected chi connectivity index (χ2v) is 5.57. The summed E-state index contributed by atoms with van der Waals surface area (Å²) in [6.45, 7) is 3.52. The van der Waals surface area contributed by atoms with Gasteiger partial charge in [-0.15, -0.1) is 11.3 Å². The van der Waals surface area contributed by atoms with E-state index in [-0.39, 0.29) is 27.6 Å². The molecule has 23 heavy (non-hydrogen) atoms. The summed E-state index contributed by atoms with van der Waals surface area (Å²) in [6.07, 6.45) is 0. The molecule has 1 aromatic carbocycles. The zero-order valence-electron chi connectivity index (χ0n) is 12.5. The molecule has 5 nitrogen and oxygen atoms in total. The third-order valence-corrected chi connectivity index (χ3v) is 4.24. The lowest BCUT2D eigenvalue weighted by atomic mass is 10.1. The Morgan fingerprint density at radius 1 is 1.35 bits per heavy atom. The highest BCUT2D eigenvalue weighted by molar-refractivity contribution is 7.18. The lowest BCUT2D eigenvalue weighted by Gasteiger charge is -2.03. The number of thiophene rings is 1. The Balaban J connectivity index is 2.31. The number of esters is 1. The summed E-state index contributed by atoms with van der Waals surface area (Å²) in [4.78, 5) is 24.3. The fourth-order valence-electron chi connectivity index (χ4n) is 1.90. The fourth-order valence-corrected chi connectivity index (χ4v) is 2.95. The van der Waals surface area contributed by atoms with E-state index in [2.05, 4.69) is 5.32 Å². The first-order valence-corrected chi connectivity index (χ1v) is 7.57. The van der Waals surface area contributed by atoms with Gasteiger partial charge in [0.05, 0.1) is 12.2 Å². The van der Waals surface area contributed by atoms with E-state index >= 15 is 0 Å². The van der Waals surface area contributed by atoms with Gasteiger partial charge in [0.2, 0.25) is 0 Å². The van der Waals surface area contributed by atoms with E-state index in [1.54, 1.807) is 13.8 Å². The van der Waals surface area contributed by atoms with E-state index in [0.717, 1.165) is 11.3 Å². The second-order valence-electron chi connectivity index (χ2n) is 4.55. The number of benzene rings is 1. The first-order chi connectivity index (χ1) is 11.0. The molecule has 2 aromatic rings. The van der Waals surface area contributed by atoms with Crippen LogP contribution in [0, 0.1) is 24.1 Å². The number of ether oxygens (including phenoxy) is 1. The third kappa shape index (κ3) is 3.55. The number of nitrogens with zero attached hydrogens (tertiary/aromatic N) is 1. The Morgan fingerprint density at radius 3 is 2.57 bits per heavy atom. The molecule has 0 saturated heterocycles. The number of nitriles is 1. The standard InChI is InChI=1S/C16H13FN2O3S/c1-3-22-16(21)13-9(2)12(8-18)15(23-13)19-14(20)10-4-6-11(17)7-5-10/h4-7H,3H2,1-2H3,(H,19,20). The average molecular weight is 332 g/mol. The van der Waals surface area contributed by atoms with Gasteiger partial charge in [-0.1, -0.05) is 0 Å². The van der Waals surface area contributed by atoms with Crippen molar-refractivity contribution < 1.29 is 18.7 Å². The van der Waals surface area contributed by atoms with Gasteiger partial charge in [0.15, 0.2) is 0 Å². The Bertz CT molecular complexity index is 791. The molecule has 1 aromatic heterocycles. The van der Waals surface area contributed by atoms with Crippen LogP contribution in [-0.4, -0.2) is 18.5 Å². The molecule has 1 heterocycles. The highest BCUT2D eigenvalue weighted by Crippen LogP contribution is 2.33. The van der Waals surface area contributed by atoms with Crippen molar-refractivity contribution in [2.24, 2.45) is 0 Å². The molecule has 0 atom stereocenters. The highest BCUT2D eigenvalue weighted by Gasteiger charge is 2.22. The first kappa shape index (κ1) is 16.6. The van der Waals surface area contributed by atoms with E-state index in [0.29, 0.717) is 5.56 Å². The molecule has 1 amide bonds. The second kappa shape index (κ2) is 7.03. The fraction of sp³-hybridized carbons (Fsp3) is 0.188. The summed E-state index contributed by atoms with van der Waals surface area (Å²) in [5.74, 6) is -1.47. The van der Waals surface area contributed by atoms with Gasteiger partial charge in [0, 0.05) is 5.56 Å². The smallest absolute Gasteiger partial charge is 0.348 e. The summed E-state index contributed by atoms with van der Waals surface area (Å²) >= 11 is 0.982. The Labute approximate surface area is 136 Å². The number of hydrogen-bond donors (Lipinski definition) is 1. The van der Waals surface area contributed by atoms with Crippen molar-refractivity contribution in [2.45, 2.75) is 13.8 Å². The van der Waals surface area contributed by atoms with Crippen LogP contribution in [0.4, 0.5) is 9.39 Å². The van der Waals surface area contributed by atoms with Crippen molar-refractivity contribution in [1.82, 2.24) is 0 Å². The number of carbonyl (C=O) groups is 2. The summed E-state index contributed by atoms with van der Waals surface area (Å²) < 4.78 is 17.8. The van der Waals surface area contributed by atoms with Crippen molar-refractivity contribution in [3.63, 3.8) is 0 Å². The lowest BCUT2D eigenvalue weighted by Crippen LogP contribution is -2.11. The monoisotopic (exact) mass is 332 g/mol. The molecule has 1 N–H and O–H groups in total. The number of nitrogens with one attached hydrogen (secondary N) is 1. The molecule has 0 aliphatic rings. The number of carbonyl (C=O) groups excluding carboxylic acids is 2. The molecule has 0 aliphatic carbocycles. The number of halogens is 1. The van der Waals surface area contributed by atoms with Gasteiger partial charge in [-0.2, -0.15) is 5.26 Å². The summed E-state index contributed by atoms with van der Waals surface area (Å²) in [7, 11) is 0. The lowest BCUT2D eigenvalue weighted by molar-refractivity contribution is 0.0531. The van der Waals surface area contributed by atoms with Crippen molar-refractivity contribution >= 4 is 28.2 Å².